The summed E-state index contributed by atoms with van der Waals surface area (Å²) in [5, 5.41) is 3.35. The van der Waals surface area contributed by atoms with Crippen molar-refractivity contribution in [1.82, 2.24) is 5.32 Å². The van der Waals surface area contributed by atoms with Gasteiger partial charge in [0, 0.05) is 5.70 Å². The van der Waals surface area contributed by atoms with Crippen LogP contribution >= 0.6 is 0 Å². The van der Waals surface area contributed by atoms with E-state index < -0.39 is 0 Å². The molecule has 1 aliphatic heterocycles. The summed E-state index contributed by atoms with van der Waals surface area (Å²) in [5.41, 5.74) is 1.24. The Kier molecular flexibility index (Phi) is 1.27. The predicted octanol–water partition coefficient (Wildman–Crippen LogP) is 0.817. The lowest BCUT2D eigenvalue weighted by molar-refractivity contribution is -0.0712. The fourth-order valence-electron chi connectivity index (χ4n) is 1.05. The molecule has 0 amide bonds. The smallest absolute Gasteiger partial charge is 0.0771 e. The van der Waals surface area contributed by atoms with Gasteiger partial charge in [-0.25, -0.2) is 0 Å². The molecule has 1 N–H and O–H groups in total. The number of nitrogens with one attached hydrogen (secondary N) is 1. The van der Waals surface area contributed by atoms with E-state index in [2.05, 4.69) is 24.4 Å². The molecule has 0 saturated carbocycles. The summed E-state index contributed by atoms with van der Waals surface area (Å²) in [6.07, 6.45) is 6.57. The van der Waals surface area contributed by atoms with Crippen molar-refractivity contribution >= 4 is 0 Å². The first-order valence-electron chi connectivity index (χ1n) is 3.63. The maximum Gasteiger partial charge on any atom is 0.0771 e. The highest BCUT2D eigenvalue weighted by atomic mass is 16.5. The lowest BCUT2D eigenvalue weighted by atomic mass is 10.1. The fraction of sp³-hybridized carbons (Fsp3) is 0.500. The molecule has 0 aromatic heterocycles. The maximum absolute atomic E-state index is 5.20. The highest BCUT2D eigenvalue weighted by Crippen LogP contribution is 2.15. The molecule has 1 heterocycles. The van der Waals surface area contributed by atoms with Gasteiger partial charge in [0.15, 0.2) is 0 Å². The van der Waals surface area contributed by atoms with Crippen molar-refractivity contribution in [2.75, 3.05) is 6.61 Å². The van der Waals surface area contributed by atoms with Gasteiger partial charge < -0.3 is 10.1 Å². The molecule has 2 aliphatic rings. The molecule has 54 valence electrons. The van der Waals surface area contributed by atoms with Crippen molar-refractivity contribution in [2.45, 2.75) is 19.1 Å². The van der Waals surface area contributed by atoms with Gasteiger partial charge in [0.1, 0.15) is 0 Å². The Morgan fingerprint density at radius 2 is 2.50 bits per heavy atom. The lowest BCUT2D eigenvalue weighted by Gasteiger charge is -2.36. The van der Waals surface area contributed by atoms with Crippen LogP contribution in [0.25, 0.3) is 0 Å². The predicted molar refractivity (Wildman–Crippen MR) is 39.6 cm³/mol. The van der Waals surface area contributed by atoms with E-state index in [1.807, 2.05) is 6.08 Å². The van der Waals surface area contributed by atoms with Crippen LogP contribution in [0.1, 0.15) is 6.92 Å². The molecular formula is C8H11NO. The normalized spacial score (nSPS) is 35.9. The van der Waals surface area contributed by atoms with Crippen LogP contribution < -0.4 is 5.32 Å². The van der Waals surface area contributed by atoms with Gasteiger partial charge in [0.25, 0.3) is 0 Å². The molecule has 1 fully saturated rings. The van der Waals surface area contributed by atoms with Crippen LogP contribution in [-0.4, -0.2) is 18.8 Å². The standard InChI is InChI=1S/C8H11NO/c1-6-8(5-10-6)9-7-3-2-4-7/h2-4,6,8-9H,5H2,1H3/t6-,8?/m1/s1. The van der Waals surface area contributed by atoms with Gasteiger partial charge >= 0.3 is 0 Å². The van der Waals surface area contributed by atoms with E-state index in [9.17, 15) is 0 Å². The minimum Gasteiger partial charge on any atom is -0.377 e. The third kappa shape index (κ3) is 0.847. The van der Waals surface area contributed by atoms with E-state index in [0.717, 1.165) is 6.61 Å². The van der Waals surface area contributed by atoms with Gasteiger partial charge in [0.2, 0.25) is 0 Å². The molecule has 2 atom stereocenters. The minimum absolute atomic E-state index is 0.384. The van der Waals surface area contributed by atoms with Crippen LogP contribution in [-0.2, 0) is 4.74 Å². The minimum atomic E-state index is 0.384. The third-order valence-electron chi connectivity index (χ3n) is 2.01. The van der Waals surface area contributed by atoms with Crippen molar-refractivity contribution in [3.63, 3.8) is 0 Å². The Morgan fingerprint density at radius 3 is 2.80 bits per heavy atom. The fourth-order valence-corrected chi connectivity index (χ4v) is 1.05. The quantitative estimate of drug-likeness (QED) is 0.608. The zero-order valence-electron chi connectivity index (χ0n) is 6.00. The van der Waals surface area contributed by atoms with E-state index in [1.165, 1.54) is 5.70 Å². The van der Waals surface area contributed by atoms with Crippen molar-refractivity contribution in [3.05, 3.63) is 23.9 Å². The second kappa shape index (κ2) is 2.13. The second-order valence-electron chi connectivity index (χ2n) is 2.77. The average molecular weight is 137 g/mol. The summed E-state index contributed by atoms with van der Waals surface area (Å²) in [7, 11) is 0. The Hall–Kier alpha value is -0.760. The van der Waals surface area contributed by atoms with Crippen LogP contribution in [0.4, 0.5) is 0 Å². The molecule has 1 unspecified atom stereocenters. The molecule has 2 rings (SSSR count). The first-order valence-corrected chi connectivity index (χ1v) is 3.63. The van der Waals surface area contributed by atoms with E-state index in [4.69, 9.17) is 4.74 Å². The Bertz CT molecular complexity index is 195. The molecule has 1 aliphatic carbocycles. The van der Waals surface area contributed by atoms with Crippen molar-refractivity contribution in [1.29, 1.82) is 0 Å². The van der Waals surface area contributed by atoms with Gasteiger partial charge in [-0.15, -0.1) is 0 Å². The molecule has 2 heteroatoms. The zero-order valence-corrected chi connectivity index (χ0v) is 6.00. The molecule has 1 saturated heterocycles. The van der Waals surface area contributed by atoms with Gasteiger partial charge in [0.05, 0.1) is 18.8 Å². The van der Waals surface area contributed by atoms with Crippen LogP contribution in [0.2, 0.25) is 0 Å². The first-order chi connectivity index (χ1) is 4.86. The number of ether oxygens (including phenoxy) is 1. The summed E-state index contributed by atoms with van der Waals surface area (Å²) in [4.78, 5) is 0. The summed E-state index contributed by atoms with van der Waals surface area (Å²) >= 11 is 0. The van der Waals surface area contributed by atoms with Crippen molar-refractivity contribution in [2.24, 2.45) is 0 Å². The number of allylic oxidation sites excluding steroid dienone is 3. The van der Waals surface area contributed by atoms with E-state index in [1.54, 1.807) is 0 Å². The van der Waals surface area contributed by atoms with Crippen LogP contribution in [0.5, 0.6) is 0 Å². The largest absolute Gasteiger partial charge is 0.377 e. The molecule has 0 aromatic carbocycles. The SMILES string of the molecule is C[C@H]1OCC1NC1=CC=C1. The molecule has 2 nitrogen and oxygen atoms in total. The van der Waals surface area contributed by atoms with Gasteiger partial charge in [-0.05, 0) is 19.1 Å². The summed E-state index contributed by atoms with van der Waals surface area (Å²) in [6.45, 7) is 2.94. The molecule has 0 bridgehead atoms. The summed E-state index contributed by atoms with van der Waals surface area (Å²) in [6, 6.07) is 0.538. The molecule has 0 spiro atoms. The van der Waals surface area contributed by atoms with E-state index in [0.29, 0.717) is 12.1 Å². The highest BCUT2D eigenvalue weighted by molar-refractivity contribution is 5.34. The molecule has 10 heavy (non-hydrogen) atoms. The van der Waals surface area contributed by atoms with E-state index in [-0.39, 0.29) is 0 Å². The van der Waals surface area contributed by atoms with Crippen LogP contribution in [0, 0.1) is 0 Å². The Morgan fingerprint density at radius 1 is 1.70 bits per heavy atom. The molecule has 0 aromatic rings. The maximum atomic E-state index is 5.20. The van der Waals surface area contributed by atoms with Gasteiger partial charge in [-0.1, -0.05) is 6.08 Å². The summed E-state index contributed by atoms with van der Waals surface area (Å²) in [5.74, 6) is 0. The number of hydrogen-bond acceptors (Lipinski definition) is 2. The van der Waals surface area contributed by atoms with Gasteiger partial charge in [-0.2, -0.15) is 0 Å². The third-order valence-corrected chi connectivity index (χ3v) is 2.01. The number of hydrogen-bond donors (Lipinski definition) is 1. The molecule has 0 radical (unpaired) electrons. The first kappa shape index (κ1) is 5.98. The number of rotatable bonds is 2. The average Bonchev–Trinajstić information content (AvgIpc) is 1.82. The van der Waals surface area contributed by atoms with Crippen LogP contribution in [0.3, 0.4) is 0 Å². The highest BCUT2D eigenvalue weighted by Gasteiger charge is 2.27. The second-order valence-corrected chi connectivity index (χ2v) is 2.77. The van der Waals surface area contributed by atoms with Crippen LogP contribution in [0.15, 0.2) is 23.9 Å². The monoisotopic (exact) mass is 137 g/mol. The lowest BCUT2D eigenvalue weighted by Crippen LogP contribution is -2.52. The van der Waals surface area contributed by atoms with Crippen molar-refractivity contribution < 1.29 is 4.74 Å². The molecular weight excluding hydrogens is 126 g/mol. The van der Waals surface area contributed by atoms with E-state index >= 15 is 0 Å². The van der Waals surface area contributed by atoms with Crippen molar-refractivity contribution in [3.8, 4) is 0 Å². The topological polar surface area (TPSA) is 21.3 Å². The summed E-state index contributed by atoms with van der Waals surface area (Å²) < 4.78 is 5.20. The Labute approximate surface area is 60.6 Å². The van der Waals surface area contributed by atoms with Gasteiger partial charge in [-0.3, -0.25) is 0 Å². The zero-order chi connectivity index (χ0) is 6.97. The Balaban J connectivity index is 1.80.